The zero-order chi connectivity index (χ0) is 18.2. The maximum atomic E-state index is 2.33. The summed E-state index contributed by atoms with van der Waals surface area (Å²) in [6, 6.07) is 34.6. The minimum Gasteiger partial charge on any atom is -0.159 e. The number of benzene rings is 3. The van der Waals surface area contributed by atoms with Crippen molar-refractivity contribution in [1.29, 1.82) is 0 Å². The maximum Gasteiger partial charge on any atom is 0.226 e. The largest absolute Gasteiger partial charge is 0.226 e. The van der Waals surface area contributed by atoms with Crippen molar-refractivity contribution in [2.24, 2.45) is 0 Å². The van der Waals surface area contributed by atoms with E-state index in [1.54, 1.807) is 0 Å². The summed E-state index contributed by atoms with van der Waals surface area (Å²) >= 11 is 0. The van der Waals surface area contributed by atoms with Crippen molar-refractivity contribution >= 4 is 16.3 Å². The van der Waals surface area contributed by atoms with E-state index in [-0.39, 0.29) is 0 Å². The molecule has 1 heteroatoms. The molecule has 0 amide bonds. The van der Waals surface area contributed by atoms with E-state index < -0.39 is 0 Å². The Bertz CT molecular complexity index is 1260. The molecule has 128 valence electrons. The molecule has 1 nitrogen and oxygen atoms in total. The van der Waals surface area contributed by atoms with Gasteiger partial charge in [-0.05, 0) is 36.8 Å². The summed E-state index contributed by atoms with van der Waals surface area (Å²) in [5, 5.41) is 2.57. The van der Waals surface area contributed by atoms with Crippen molar-refractivity contribution in [1.82, 2.24) is 0 Å². The number of hydrogen-bond donors (Lipinski definition) is 0. The van der Waals surface area contributed by atoms with E-state index in [9.17, 15) is 0 Å². The van der Waals surface area contributed by atoms with Gasteiger partial charge in [0.25, 0.3) is 0 Å². The summed E-state index contributed by atoms with van der Waals surface area (Å²) < 4.78 is 2.33. The van der Waals surface area contributed by atoms with Gasteiger partial charge in [-0.2, -0.15) is 4.40 Å². The molecular formula is C26H20N+. The van der Waals surface area contributed by atoms with E-state index in [1.165, 1.54) is 44.2 Å². The third-order valence-corrected chi connectivity index (χ3v) is 5.17. The maximum absolute atomic E-state index is 2.33. The van der Waals surface area contributed by atoms with Crippen molar-refractivity contribution < 1.29 is 4.40 Å². The van der Waals surface area contributed by atoms with Gasteiger partial charge in [0.05, 0.1) is 10.9 Å². The molecule has 0 bridgehead atoms. The molecule has 0 spiro atoms. The fourth-order valence-corrected chi connectivity index (χ4v) is 3.97. The molecule has 2 aromatic heterocycles. The average Bonchev–Trinajstić information content (AvgIpc) is 2.74. The Morgan fingerprint density at radius 2 is 1.26 bits per heavy atom. The lowest BCUT2D eigenvalue weighted by Crippen LogP contribution is -2.26. The summed E-state index contributed by atoms with van der Waals surface area (Å²) in [6.07, 6.45) is 2.17. The number of aryl methyl sites for hydroxylation is 1. The van der Waals surface area contributed by atoms with Gasteiger partial charge in [-0.25, -0.2) is 0 Å². The monoisotopic (exact) mass is 346 g/mol. The molecular weight excluding hydrogens is 326 g/mol. The van der Waals surface area contributed by atoms with Gasteiger partial charge in [0.2, 0.25) is 11.2 Å². The third kappa shape index (κ3) is 2.60. The Kier molecular flexibility index (Phi) is 3.72. The Morgan fingerprint density at radius 3 is 2.00 bits per heavy atom. The highest BCUT2D eigenvalue weighted by Crippen LogP contribution is 2.37. The fourth-order valence-electron chi connectivity index (χ4n) is 3.97. The highest BCUT2D eigenvalue weighted by atomic mass is 14.9. The number of fused-ring (bicyclic) bond motifs is 3. The van der Waals surface area contributed by atoms with E-state index in [0.717, 1.165) is 0 Å². The second-order valence-electron chi connectivity index (χ2n) is 6.96. The topological polar surface area (TPSA) is 4.10 Å². The lowest BCUT2D eigenvalue weighted by Gasteiger charge is -2.13. The Labute approximate surface area is 159 Å². The first-order valence-corrected chi connectivity index (χ1v) is 9.30. The van der Waals surface area contributed by atoms with Gasteiger partial charge in [0.15, 0.2) is 6.20 Å². The van der Waals surface area contributed by atoms with Crippen molar-refractivity contribution in [2.45, 2.75) is 6.92 Å². The number of rotatable bonds is 2. The zero-order valence-corrected chi connectivity index (χ0v) is 15.3. The first-order valence-electron chi connectivity index (χ1n) is 9.30. The number of hydrogen-bond acceptors (Lipinski definition) is 0. The standard InChI is InChI=1S/C26H20N/c1-19-15-16-22-23(18-19)25(20-10-4-2-5-11-20)26(21-12-6-3-7-13-21)27-17-9-8-14-24(22)27/h2-18H,1H3/q+1. The highest BCUT2D eigenvalue weighted by Gasteiger charge is 2.24. The summed E-state index contributed by atoms with van der Waals surface area (Å²) in [6.45, 7) is 2.17. The van der Waals surface area contributed by atoms with Crippen molar-refractivity contribution in [3.8, 4) is 22.4 Å². The number of aromatic nitrogens is 1. The zero-order valence-electron chi connectivity index (χ0n) is 15.3. The van der Waals surface area contributed by atoms with Crippen LogP contribution in [0.3, 0.4) is 0 Å². The van der Waals surface area contributed by atoms with Gasteiger partial charge in [-0.3, -0.25) is 0 Å². The molecule has 0 unspecified atom stereocenters. The molecule has 2 heterocycles. The molecule has 0 saturated heterocycles. The number of pyridine rings is 2. The molecule has 3 aromatic carbocycles. The predicted octanol–water partition coefficient (Wildman–Crippen LogP) is 6.22. The Balaban J connectivity index is 2.07. The van der Waals surface area contributed by atoms with Crippen LogP contribution in [0, 0.1) is 6.92 Å². The van der Waals surface area contributed by atoms with Crippen molar-refractivity contribution in [3.05, 3.63) is 109 Å². The van der Waals surface area contributed by atoms with Crippen LogP contribution in [0.5, 0.6) is 0 Å². The fraction of sp³-hybridized carbons (Fsp3) is 0.0385. The Morgan fingerprint density at radius 1 is 0.593 bits per heavy atom. The number of nitrogens with zero attached hydrogens (tertiary/aromatic N) is 1. The normalized spacial score (nSPS) is 11.1. The minimum absolute atomic E-state index is 1.22. The van der Waals surface area contributed by atoms with Crippen LogP contribution in [0.4, 0.5) is 0 Å². The summed E-state index contributed by atoms with van der Waals surface area (Å²) in [5.74, 6) is 0. The highest BCUT2D eigenvalue weighted by molar-refractivity contribution is 6.07. The molecule has 0 atom stereocenters. The SMILES string of the molecule is Cc1ccc2c(c1)c(-c1ccccc1)c(-c1ccccc1)[n+]1ccccc21. The third-order valence-electron chi connectivity index (χ3n) is 5.17. The van der Waals surface area contributed by atoms with E-state index >= 15 is 0 Å². The first-order chi connectivity index (χ1) is 13.3. The van der Waals surface area contributed by atoms with E-state index in [0.29, 0.717) is 0 Å². The minimum atomic E-state index is 1.22. The average molecular weight is 346 g/mol. The molecule has 0 radical (unpaired) electrons. The van der Waals surface area contributed by atoms with Crippen LogP contribution >= 0.6 is 0 Å². The van der Waals surface area contributed by atoms with Crippen molar-refractivity contribution in [3.63, 3.8) is 0 Å². The van der Waals surface area contributed by atoms with Crippen LogP contribution in [0.2, 0.25) is 0 Å². The van der Waals surface area contributed by atoms with Gasteiger partial charge >= 0.3 is 0 Å². The molecule has 5 rings (SSSR count). The van der Waals surface area contributed by atoms with Gasteiger partial charge in [-0.15, -0.1) is 0 Å². The molecule has 0 aliphatic rings. The van der Waals surface area contributed by atoms with Crippen LogP contribution in [0.15, 0.2) is 103 Å². The molecule has 0 aliphatic carbocycles. The first kappa shape index (κ1) is 15.8. The van der Waals surface area contributed by atoms with E-state index in [2.05, 4.69) is 115 Å². The van der Waals surface area contributed by atoms with Crippen LogP contribution in [0.25, 0.3) is 38.7 Å². The second kappa shape index (κ2) is 6.37. The summed E-state index contributed by atoms with van der Waals surface area (Å²) in [7, 11) is 0. The van der Waals surface area contributed by atoms with Gasteiger partial charge in [-0.1, -0.05) is 66.2 Å². The lowest BCUT2D eigenvalue weighted by atomic mass is 9.92. The van der Waals surface area contributed by atoms with E-state index in [1.807, 2.05) is 0 Å². The van der Waals surface area contributed by atoms with Crippen LogP contribution in [0.1, 0.15) is 5.56 Å². The van der Waals surface area contributed by atoms with Gasteiger partial charge in [0, 0.05) is 23.1 Å². The molecule has 27 heavy (non-hydrogen) atoms. The van der Waals surface area contributed by atoms with Crippen molar-refractivity contribution in [2.75, 3.05) is 0 Å². The summed E-state index contributed by atoms with van der Waals surface area (Å²) in [4.78, 5) is 0. The molecule has 0 aliphatic heterocycles. The van der Waals surface area contributed by atoms with Gasteiger partial charge in [0.1, 0.15) is 0 Å². The summed E-state index contributed by atoms with van der Waals surface area (Å²) in [5.41, 5.74) is 7.48. The quantitative estimate of drug-likeness (QED) is 0.264. The molecule has 5 aromatic rings. The second-order valence-corrected chi connectivity index (χ2v) is 6.96. The van der Waals surface area contributed by atoms with Crippen LogP contribution in [-0.2, 0) is 0 Å². The lowest BCUT2D eigenvalue weighted by molar-refractivity contribution is -0.497. The smallest absolute Gasteiger partial charge is 0.159 e. The predicted molar refractivity (Wildman–Crippen MR) is 113 cm³/mol. The van der Waals surface area contributed by atoms with Gasteiger partial charge < -0.3 is 0 Å². The molecule has 0 N–H and O–H groups in total. The van der Waals surface area contributed by atoms with Crippen LogP contribution in [-0.4, -0.2) is 0 Å². The molecule has 0 fully saturated rings. The van der Waals surface area contributed by atoms with E-state index in [4.69, 9.17) is 0 Å². The Hall–Kier alpha value is -3.45. The molecule has 0 saturated carbocycles. The van der Waals surface area contributed by atoms with Crippen LogP contribution < -0.4 is 4.40 Å².